The van der Waals surface area contributed by atoms with Crippen LogP contribution in [0.4, 0.5) is 8.78 Å². The van der Waals surface area contributed by atoms with Crippen LogP contribution in [0.2, 0.25) is 0 Å². The molecule has 0 atom stereocenters. The van der Waals surface area contributed by atoms with Crippen molar-refractivity contribution in [1.29, 1.82) is 0 Å². The highest BCUT2D eigenvalue weighted by molar-refractivity contribution is 5.46. The van der Waals surface area contributed by atoms with Crippen molar-refractivity contribution < 1.29 is 22.8 Å². The van der Waals surface area contributed by atoms with Crippen LogP contribution in [0.1, 0.15) is 11.4 Å². The quantitative estimate of drug-likeness (QED) is 0.752. The van der Waals surface area contributed by atoms with E-state index in [1.165, 1.54) is 13.5 Å². The average Bonchev–Trinajstić information content (AvgIpc) is 2.97. The summed E-state index contributed by atoms with van der Waals surface area (Å²) in [5, 5.41) is 6.78. The number of nitrogens with one attached hydrogen (secondary N) is 1. The van der Waals surface area contributed by atoms with Crippen molar-refractivity contribution in [2.45, 2.75) is 19.6 Å². The fourth-order valence-electron chi connectivity index (χ4n) is 1.81. The number of ether oxygens (including phenoxy) is 2. The van der Waals surface area contributed by atoms with Crippen molar-refractivity contribution >= 4 is 0 Å². The lowest BCUT2D eigenvalue weighted by molar-refractivity contribution is -0.0518. The Bertz CT molecular complexity index is 550. The Morgan fingerprint density at radius 1 is 1.38 bits per heavy atom. The summed E-state index contributed by atoms with van der Waals surface area (Å²) in [5.41, 5.74) is 0.586. The third-order valence-electron chi connectivity index (χ3n) is 2.74. The van der Waals surface area contributed by atoms with Gasteiger partial charge in [0.2, 0.25) is 6.39 Å². The largest absolute Gasteiger partial charge is 0.493 e. The highest BCUT2D eigenvalue weighted by atomic mass is 19.3. The summed E-state index contributed by atoms with van der Waals surface area (Å²) in [4.78, 5) is 3.88. The molecule has 1 aromatic heterocycles. The summed E-state index contributed by atoms with van der Waals surface area (Å²) >= 11 is 0. The highest BCUT2D eigenvalue weighted by Gasteiger charge is 2.14. The molecule has 2 aromatic rings. The van der Waals surface area contributed by atoms with E-state index < -0.39 is 6.61 Å². The molecular weight excluding hydrogens is 284 g/mol. The molecule has 0 spiro atoms. The summed E-state index contributed by atoms with van der Waals surface area (Å²) in [6.45, 7) is -1.97. The second-order valence-corrected chi connectivity index (χ2v) is 4.10. The lowest BCUT2D eigenvalue weighted by Crippen LogP contribution is -2.18. The van der Waals surface area contributed by atoms with E-state index in [4.69, 9.17) is 4.74 Å². The molecule has 0 saturated carbocycles. The maximum Gasteiger partial charge on any atom is 0.387 e. The van der Waals surface area contributed by atoms with Gasteiger partial charge in [-0.1, -0.05) is 17.3 Å². The van der Waals surface area contributed by atoms with E-state index in [-0.39, 0.29) is 11.5 Å². The molecule has 0 aliphatic rings. The van der Waals surface area contributed by atoms with E-state index >= 15 is 0 Å². The predicted molar refractivity (Wildman–Crippen MR) is 69.3 cm³/mol. The Hall–Kier alpha value is -2.22. The first kappa shape index (κ1) is 15.2. The molecule has 0 fully saturated rings. The molecule has 1 aromatic carbocycles. The van der Waals surface area contributed by atoms with Crippen LogP contribution < -0.4 is 14.8 Å². The lowest BCUT2D eigenvalue weighted by atomic mass is 10.2. The first-order chi connectivity index (χ1) is 10.2. The minimum Gasteiger partial charge on any atom is -0.493 e. The Labute approximate surface area is 120 Å². The molecular formula is C13H15F2N3O3. The smallest absolute Gasteiger partial charge is 0.387 e. The second kappa shape index (κ2) is 7.53. The van der Waals surface area contributed by atoms with E-state index in [1.807, 2.05) is 0 Å². The summed E-state index contributed by atoms with van der Waals surface area (Å²) in [5.74, 6) is 0.895. The van der Waals surface area contributed by atoms with Gasteiger partial charge in [-0.15, -0.1) is 0 Å². The summed E-state index contributed by atoms with van der Waals surface area (Å²) < 4.78 is 39.1. The number of hydrogen-bond donors (Lipinski definition) is 1. The molecule has 6 nitrogen and oxygen atoms in total. The van der Waals surface area contributed by atoms with E-state index in [2.05, 4.69) is 24.7 Å². The summed E-state index contributed by atoms with van der Waals surface area (Å²) in [6.07, 6.45) is 1.83. The van der Waals surface area contributed by atoms with Crippen molar-refractivity contribution in [1.82, 2.24) is 15.5 Å². The normalized spacial score (nSPS) is 10.9. The zero-order valence-electron chi connectivity index (χ0n) is 11.4. The average molecular weight is 299 g/mol. The van der Waals surface area contributed by atoms with Gasteiger partial charge in [-0.25, -0.2) is 0 Å². The molecule has 21 heavy (non-hydrogen) atoms. The number of nitrogens with zero attached hydrogens (tertiary/aromatic N) is 2. The van der Waals surface area contributed by atoms with Crippen LogP contribution in [-0.2, 0) is 13.0 Å². The molecule has 1 heterocycles. The van der Waals surface area contributed by atoms with Gasteiger partial charge < -0.3 is 19.3 Å². The van der Waals surface area contributed by atoms with Crippen LogP contribution in [0, 0.1) is 0 Å². The number of alkyl halides is 2. The van der Waals surface area contributed by atoms with E-state index in [0.717, 1.165) is 0 Å². The highest BCUT2D eigenvalue weighted by Crippen LogP contribution is 2.32. The van der Waals surface area contributed by atoms with Gasteiger partial charge in [0.1, 0.15) is 0 Å². The predicted octanol–water partition coefficient (Wildman–Crippen LogP) is 2.01. The fourth-order valence-corrected chi connectivity index (χ4v) is 1.81. The molecule has 0 aliphatic carbocycles. The van der Waals surface area contributed by atoms with Gasteiger partial charge in [-0.05, 0) is 6.07 Å². The minimum atomic E-state index is -2.90. The van der Waals surface area contributed by atoms with Crippen LogP contribution in [0.5, 0.6) is 11.5 Å². The zero-order valence-corrected chi connectivity index (χ0v) is 11.4. The van der Waals surface area contributed by atoms with Crippen LogP contribution >= 0.6 is 0 Å². The molecule has 0 bridgehead atoms. The summed E-state index contributed by atoms with van der Waals surface area (Å²) in [6, 6.07) is 4.98. The van der Waals surface area contributed by atoms with Crippen molar-refractivity contribution in [2.24, 2.45) is 0 Å². The number of benzene rings is 1. The van der Waals surface area contributed by atoms with Gasteiger partial charge in [0, 0.05) is 25.1 Å². The monoisotopic (exact) mass is 299 g/mol. The molecule has 0 amide bonds. The molecule has 8 heteroatoms. The van der Waals surface area contributed by atoms with Crippen LogP contribution in [0.25, 0.3) is 0 Å². The minimum absolute atomic E-state index is 0.0436. The first-order valence-corrected chi connectivity index (χ1v) is 6.27. The van der Waals surface area contributed by atoms with Crippen molar-refractivity contribution in [3.8, 4) is 11.5 Å². The van der Waals surface area contributed by atoms with E-state index in [9.17, 15) is 8.78 Å². The van der Waals surface area contributed by atoms with Crippen molar-refractivity contribution in [3.05, 3.63) is 36.0 Å². The topological polar surface area (TPSA) is 69.4 Å². The molecule has 0 radical (unpaired) electrons. The van der Waals surface area contributed by atoms with Crippen molar-refractivity contribution in [3.63, 3.8) is 0 Å². The van der Waals surface area contributed by atoms with Gasteiger partial charge in [-0.2, -0.15) is 13.8 Å². The first-order valence-electron chi connectivity index (χ1n) is 6.27. The Balaban J connectivity index is 1.95. The molecule has 114 valence electrons. The number of hydrogen-bond acceptors (Lipinski definition) is 6. The Morgan fingerprint density at radius 3 is 2.90 bits per heavy atom. The molecule has 0 saturated heterocycles. The third kappa shape index (κ3) is 4.38. The maximum absolute atomic E-state index is 12.5. The van der Waals surface area contributed by atoms with Crippen LogP contribution in [-0.4, -0.2) is 30.4 Å². The van der Waals surface area contributed by atoms with Gasteiger partial charge in [0.05, 0.1) is 7.11 Å². The number of rotatable bonds is 8. The van der Waals surface area contributed by atoms with E-state index in [1.54, 1.807) is 18.2 Å². The maximum atomic E-state index is 12.5. The van der Waals surface area contributed by atoms with Gasteiger partial charge >= 0.3 is 6.61 Å². The molecule has 2 rings (SSSR count). The van der Waals surface area contributed by atoms with Crippen LogP contribution in [0.15, 0.2) is 29.1 Å². The van der Waals surface area contributed by atoms with Gasteiger partial charge in [-0.3, -0.25) is 0 Å². The number of methoxy groups -OCH3 is 1. The van der Waals surface area contributed by atoms with E-state index in [0.29, 0.717) is 30.9 Å². The molecule has 1 N–H and O–H groups in total. The standard InChI is InChI=1S/C13H15F2N3O3/c1-19-10-4-2-3-9(12(10)21-13(14)15)7-16-6-5-11-17-8-20-18-11/h2-4,8,13,16H,5-7H2,1H3. The number of para-hydroxylation sites is 1. The Morgan fingerprint density at radius 2 is 2.24 bits per heavy atom. The number of halogens is 2. The summed E-state index contributed by atoms with van der Waals surface area (Å²) in [7, 11) is 1.40. The molecule has 0 unspecified atom stereocenters. The van der Waals surface area contributed by atoms with Crippen molar-refractivity contribution in [2.75, 3.05) is 13.7 Å². The fraction of sp³-hybridized carbons (Fsp3) is 0.385. The SMILES string of the molecule is COc1cccc(CNCCc2ncon2)c1OC(F)F. The van der Waals surface area contributed by atoms with Gasteiger partial charge in [0.25, 0.3) is 0 Å². The Kier molecular flexibility index (Phi) is 5.44. The lowest BCUT2D eigenvalue weighted by Gasteiger charge is -2.14. The third-order valence-corrected chi connectivity index (χ3v) is 2.74. The number of aromatic nitrogens is 2. The van der Waals surface area contributed by atoms with Crippen LogP contribution in [0.3, 0.4) is 0 Å². The zero-order chi connectivity index (χ0) is 15.1. The second-order valence-electron chi connectivity index (χ2n) is 4.10. The van der Waals surface area contributed by atoms with Gasteiger partial charge in [0.15, 0.2) is 17.3 Å². The molecule has 0 aliphatic heterocycles.